The van der Waals surface area contributed by atoms with Crippen molar-refractivity contribution in [3.63, 3.8) is 0 Å². The Labute approximate surface area is 105 Å². The molecule has 0 bridgehead atoms. The summed E-state index contributed by atoms with van der Waals surface area (Å²) in [7, 11) is 1.32. The number of halogens is 3. The maximum atomic E-state index is 12.4. The van der Waals surface area contributed by atoms with Gasteiger partial charge in [0.1, 0.15) is 11.8 Å². The molecule has 0 aliphatic rings. The van der Waals surface area contributed by atoms with Gasteiger partial charge in [-0.1, -0.05) is 6.07 Å². The Hall–Kier alpha value is -2.56. The molecule has 0 spiro atoms. The van der Waals surface area contributed by atoms with E-state index in [1.54, 1.807) is 6.07 Å². The van der Waals surface area contributed by atoms with Gasteiger partial charge < -0.3 is 4.74 Å². The van der Waals surface area contributed by atoms with Crippen molar-refractivity contribution in [2.45, 2.75) is 6.18 Å². The van der Waals surface area contributed by atoms with Gasteiger partial charge in [-0.05, 0) is 6.07 Å². The predicted molar refractivity (Wildman–Crippen MR) is 57.2 cm³/mol. The van der Waals surface area contributed by atoms with Crippen molar-refractivity contribution in [1.82, 2.24) is 14.8 Å². The average Bonchev–Trinajstić information content (AvgIpc) is 2.71. The Bertz CT molecular complexity index is 642. The van der Waals surface area contributed by atoms with Gasteiger partial charge in [-0.15, -0.1) is 0 Å². The van der Waals surface area contributed by atoms with E-state index < -0.39 is 11.9 Å². The SMILES string of the molecule is Cn1nc(C(F)(F)F)cc1Oc1cccc(C#N)n1. The Kier molecular flexibility index (Phi) is 3.12. The molecule has 0 N–H and O–H groups in total. The van der Waals surface area contributed by atoms with Gasteiger partial charge >= 0.3 is 6.18 Å². The lowest BCUT2D eigenvalue weighted by atomic mass is 10.4. The number of nitrogens with zero attached hydrogens (tertiary/aromatic N) is 4. The second-order valence-corrected chi connectivity index (χ2v) is 3.56. The number of ether oxygens (including phenoxy) is 1. The maximum absolute atomic E-state index is 12.4. The smallest absolute Gasteiger partial charge is 0.421 e. The fourth-order valence-electron chi connectivity index (χ4n) is 1.33. The molecule has 0 saturated heterocycles. The molecule has 0 aliphatic carbocycles. The van der Waals surface area contributed by atoms with Crippen LogP contribution in [0.5, 0.6) is 11.8 Å². The highest BCUT2D eigenvalue weighted by molar-refractivity contribution is 5.28. The van der Waals surface area contributed by atoms with Crippen LogP contribution >= 0.6 is 0 Å². The van der Waals surface area contributed by atoms with E-state index in [-0.39, 0.29) is 17.5 Å². The van der Waals surface area contributed by atoms with E-state index in [1.807, 2.05) is 0 Å². The van der Waals surface area contributed by atoms with E-state index in [0.29, 0.717) is 0 Å². The first kappa shape index (κ1) is 12.9. The lowest BCUT2D eigenvalue weighted by molar-refractivity contribution is -0.141. The summed E-state index contributed by atoms with van der Waals surface area (Å²) in [6, 6.07) is 6.97. The molecule has 5 nitrogen and oxygen atoms in total. The normalized spacial score (nSPS) is 11.1. The first-order valence-corrected chi connectivity index (χ1v) is 5.06. The predicted octanol–water partition coefficient (Wildman–Crippen LogP) is 2.50. The van der Waals surface area contributed by atoms with Gasteiger partial charge in [0, 0.05) is 19.2 Å². The van der Waals surface area contributed by atoms with Crippen LogP contribution < -0.4 is 4.74 Å². The highest BCUT2D eigenvalue weighted by atomic mass is 19.4. The molecule has 8 heteroatoms. The summed E-state index contributed by atoms with van der Waals surface area (Å²) in [5.41, 5.74) is -0.947. The van der Waals surface area contributed by atoms with E-state index in [2.05, 4.69) is 10.1 Å². The largest absolute Gasteiger partial charge is 0.435 e. The number of rotatable bonds is 2. The summed E-state index contributed by atoms with van der Waals surface area (Å²) in [6.07, 6.45) is -4.54. The van der Waals surface area contributed by atoms with Crippen LogP contribution in [0.3, 0.4) is 0 Å². The number of hydrogen-bond donors (Lipinski definition) is 0. The van der Waals surface area contributed by atoms with Crippen LogP contribution in [0.1, 0.15) is 11.4 Å². The van der Waals surface area contributed by atoms with Gasteiger partial charge in [0.25, 0.3) is 0 Å². The van der Waals surface area contributed by atoms with Gasteiger partial charge in [-0.3, -0.25) is 0 Å². The van der Waals surface area contributed by atoms with Crippen molar-refractivity contribution in [1.29, 1.82) is 5.26 Å². The Morgan fingerprint density at radius 3 is 2.68 bits per heavy atom. The zero-order chi connectivity index (χ0) is 14.0. The third kappa shape index (κ3) is 2.82. The molecule has 2 aromatic rings. The lowest BCUT2D eigenvalue weighted by Gasteiger charge is -2.03. The van der Waals surface area contributed by atoms with Crippen molar-refractivity contribution in [2.24, 2.45) is 7.05 Å². The van der Waals surface area contributed by atoms with Crippen molar-refractivity contribution < 1.29 is 17.9 Å². The Balaban J connectivity index is 2.29. The average molecular weight is 268 g/mol. The Morgan fingerprint density at radius 2 is 2.11 bits per heavy atom. The number of alkyl halides is 3. The van der Waals surface area contributed by atoms with E-state index in [0.717, 1.165) is 10.7 Å². The maximum Gasteiger partial charge on any atom is 0.435 e. The van der Waals surface area contributed by atoms with Crippen molar-refractivity contribution in [3.8, 4) is 17.8 Å². The fourth-order valence-corrected chi connectivity index (χ4v) is 1.33. The highest BCUT2D eigenvalue weighted by Crippen LogP contribution is 2.31. The number of nitriles is 1. The third-order valence-corrected chi connectivity index (χ3v) is 2.17. The van der Waals surface area contributed by atoms with Crippen molar-refractivity contribution >= 4 is 0 Å². The monoisotopic (exact) mass is 268 g/mol. The molecule has 2 rings (SSSR count). The van der Waals surface area contributed by atoms with Crippen LogP contribution in [-0.2, 0) is 13.2 Å². The van der Waals surface area contributed by atoms with Gasteiger partial charge in [-0.2, -0.15) is 23.5 Å². The zero-order valence-electron chi connectivity index (χ0n) is 9.64. The second-order valence-electron chi connectivity index (χ2n) is 3.56. The second kappa shape index (κ2) is 4.61. The van der Waals surface area contributed by atoms with Crippen LogP contribution in [0.15, 0.2) is 24.3 Å². The van der Waals surface area contributed by atoms with Crippen LogP contribution in [0, 0.1) is 11.3 Å². The van der Waals surface area contributed by atoms with E-state index in [1.165, 1.54) is 25.2 Å². The number of aryl methyl sites for hydroxylation is 1. The summed E-state index contributed by atoms with van der Waals surface area (Å²) in [5, 5.41) is 12.0. The summed E-state index contributed by atoms with van der Waals surface area (Å²) in [4.78, 5) is 3.79. The molecule has 0 fully saturated rings. The van der Waals surface area contributed by atoms with Crippen LogP contribution in [0.4, 0.5) is 13.2 Å². The molecular formula is C11H7F3N4O. The topological polar surface area (TPSA) is 63.7 Å². The van der Waals surface area contributed by atoms with Crippen LogP contribution in [0.25, 0.3) is 0 Å². The Morgan fingerprint density at radius 1 is 1.37 bits per heavy atom. The zero-order valence-corrected chi connectivity index (χ0v) is 9.64. The summed E-state index contributed by atoms with van der Waals surface area (Å²) in [6.45, 7) is 0. The molecule has 0 radical (unpaired) electrons. The lowest BCUT2D eigenvalue weighted by Crippen LogP contribution is -2.06. The molecule has 0 saturated carbocycles. The van der Waals surface area contributed by atoms with E-state index in [4.69, 9.17) is 10.00 Å². The van der Waals surface area contributed by atoms with Crippen molar-refractivity contribution in [3.05, 3.63) is 35.7 Å². The van der Waals surface area contributed by atoms with E-state index in [9.17, 15) is 13.2 Å². The van der Waals surface area contributed by atoms with Gasteiger partial charge in [0.15, 0.2) is 5.69 Å². The molecule has 0 unspecified atom stereocenters. The summed E-state index contributed by atoms with van der Waals surface area (Å²) < 4.78 is 43.5. The number of pyridine rings is 1. The minimum Gasteiger partial charge on any atom is -0.421 e. The standard InChI is InChI=1S/C11H7F3N4O/c1-18-10(5-8(17-18)11(12,13)14)19-9-4-2-3-7(6-15)16-9/h2-5H,1H3. The van der Waals surface area contributed by atoms with Crippen LogP contribution in [0.2, 0.25) is 0 Å². The molecule has 0 aliphatic heterocycles. The fraction of sp³-hybridized carbons (Fsp3) is 0.182. The van der Waals surface area contributed by atoms with Crippen molar-refractivity contribution in [2.75, 3.05) is 0 Å². The van der Waals surface area contributed by atoms with Gasteiger partial charge in [0.2, 0.25) is 11.8 Å². The molecular weight excluding hydrogens is 261 g/mol. The first-order valence-electron chi connectivity index (χ1n) is 5.06. The summed E-state index contributed by atoms with van der Waals surface area (Å²) in [5.74, 6) is -0.0920. The first-order chi connectivity index (χ1) is 8.90. The molecule has 0 amide bonds. The molecule has 98 valence electrons. The number of aromatic nitrogens is 3. The highest BCUT2D eigenvalue weighted by Gasteiger charge is 2.35. The van der Waals surface area contributed by atoms with Gasteiger partial charge in [0.05, 0.1) is 0 Å². The molecule has 2 aromatic heterocycles. The molecule has 0 atom stereocenters. The van der Waals surface area contributed by atoms with Crippen LogP contribution in [-0.4, -0.2) is 14.8 Å². The minimum absolute atomic E-state index is 0.0239. The molecule has 0 aromatic carbocycles. The quantitative estimate of drug-likeness (QED) is 0.839. The third-order valence-electron chi connectivity index (χ3n) is 2.17. The van der Waals surface area contributed by atoms with Gasteiger partial charge in [-0.25, -0.2) is 9.67 Å². The minimum atomic E-state index is -4.54. The summed E-state index contributed by atoms with van der Waals surface area (Å²) >= 11 is 0. The van der Waals surface area contributed by atoms with E-state index >= 15 is 0 Å². The molecule has 2 heterocycles. The molecule has 19 heavy (non-hydrogen) atoms. The number of hydrogen-bond acceptors (Lipinski definition) is 4.